The lowest BCUT2D eigenvalue weighted by atomic mass is 9.72. The first-order chi connectivity index (χ1) is 13.6. The maximum atomic E-state index is 11.4. The molecule has 0 radical (unpaired) electrons. The van der Waals surface area contributed by atoms with E-state index in [1.807, 2.05) is 0 Å². The SMILES string of the molecule is Cl.[2H]C([2H])N(C([2H])([2H])[2H])C([2H])([2H])C(c1ccc(OC([2H])([2H])[2H])cc1)C1(O)CCCCC1. The summed E-state index contributed by atoms with van der Waals surface area (Å²) in [7, 11) is -2.67. The van der Waals surface area contributed by atoms with Crippen LogP contribution in [0.15, 0.2) is 24.3 Å². The maximum Gasteiger partial charge on any atom is 0.118 e. The summed E-state index contributed by atoms with van der Waals surface area (Å²) in [6.45, 7) is -7.98. The van der Waals surface area contributed by atoms with E-state index in [2.05, 4.69) is 0 Å². The molecule has 0 amide bonds. The minimum absolute atomic E-state index is 0. The molecule has 0 heterocycles. The van der Waals surface area contributed by atoms with Gasteiger partial charge in [-0.3, -0.25) is 0 Å². The Labute approximate surface area is 148 Å². The quantitative estimate of drug-likeness (QED) is 0.900. The van der Waals surface area contributed by atoms with Gasteiger partial charge in [0.05, 0.1) is 16.8 Å². The van der Waals surface area contributed by atoms with E-state index in [1.54, 1.807) is 0 Å². The molecule has 2 rings (SSSR count). The van der Waals surface area contributed by atoms with Crippen molar-refractivity contribution in [1.82, 2.24) is 4.90 Å². The zero-order chi connectivity index (χ0) is 23.0. The molecule has 120 valence electrons. The fraction of sp³-hybridized carbons (Fsp3) is 0.647. The minimum atomic E-state index is -3.08. The van der Waals surface area contributed by atoms with Gasteiger partial charge in [0.25, 0.3) is 0 Å². The molecule has 0 aromatic heterocycles. The Balaban J connectivity index is 0.00000480. The predicted octanol–water partition coefficient (Wildman–Crippen LogP) is 3.46. The van der Waals surface area contributed by atoms with Gasteiger partial charge in [-0.1, -0.05) is 31.4 Å². The smallest absolute Gasteiger partial charge is 0.118 e. The molecule has 0 spiro atoms. The van der Waals surface area contributed by atoms with Gasteiger partial charge in [0.1, 0.15) is 5.75 Å². The molecule has 0 saturated heterocycles. The van der Waals surface area contributed by atoms with Crippen molar-refractivity contribution >= 4 is 12.4 Å². The predicted molar refractivity (Wildman–Crippen MR) is 89.6 cm³/mol. The Bertz CT molecular complexity index is 702. The largest absolute Gasteiger partial charge is 0.497 e. The van der Waals surface area contributed by atoms with Gasteiger partial charge in [-0.2, -0.15) is 0 Å². The lowest BCUT2D eigenvalue weighted by Crippen LogP contribution is -2.42. The molecule has 4 heteroatoms. The number of aliphatic hydroxyl groups is 1. The van der Waals surface area contributed by atoms with Gasteiger partial charge >= 0.3 is 0 Å². The number of hydrogen-bond acceptors (Lipinski definition) is 3. The second kappa shape index (κ2) is 8.02. The molecule has 1 aromatic rings. The van der Waals surface area contributed by atoms with Crippen LogP contribution in [0.25, 0.3) is 0 Å². The van der Waals surface area contributed by atoms with E-state index in [0.717, 1.165) is 6.42 Å². The van der Waals surface area contributed by atoms with E-state index in [4.69, 9.17) is 18.4 Å². The highest BCUT2D eigenvalue weighted by molar-refractivity contribution is 5.85. The van der Waals surface area contributed by atoms with Gasteiger partial charge in [-0.05, 0) is 44.5 Å². The minimum Gasteiger partial charge on any atom is -0.497 e. The molecular formula is C17H28ClNO2. The number of benzene rings is 1. The van der Waals surface area contributed by atoms with Gasteiger partial charge in [0.15, 0.2) is 0 Å². The number of rotatable bonds is 5. The average molecular weight is 324 g/mol. The van der Waals surface area contributed by atoms with Crippen molar-refractivity contribution in [2.75, 3.05) is 27.5 Å². The summed E-state index contributed by atoms with van der Waals surface area (Å²) in [5, 5.41) is 11.4. The maximum absolute atomic E-state index is 11.4. The topological polar surface area (TPSA) is 32.7 Å². The highest BCUT2D eigenvalue weighted by Crippen LogP contribution is 2.40. The van der Waals surface area contributed by atoms with Crippen molar-refractivity contribution in [3.63, 3.8) is 0 Å². The molecule has 0 bridgehead atoms. The lowest BCUT2D eigenvalue weighted by Gasteiger charge is -2.40. The Kier molecular flexibility index (Phi) is 3.13. The van der Waals surface area contributed by atoms with Gasteiger partial charge in [0, 0.05) is 22.0 Å². The van der Waals surface area contributed by atoms with Crippen molar-refractivity contribution in [3.8, 4) is 5.75 Å². The molecular weight excluding hydrogens is 286 g/mol. The first-order valence-electron chi connectivity index (χ1n) is 11.9. The molecule has 1 aliphatic carbocycles. The van der Waals surface area contributed by atoms with Gasteiger partial charge in [-0.15, -0.1) is 12.4 Å². The average Bonchev–Trinajstić information content (AvgIpc) is 2.53. The van der Waals surface area contributed by atoms with Gasteiger partial charge < -0.3 is 14.7 Å². The number of halogens is 1. The van der Waals surface area contributed by atoms with E-state index in [1.165, 1.54) is 24.3 Å². The van der Waals surface area contributed by atoms with E-state index in [-0.39, 0.29) is 41.5 Å². The second-order valence-corrected chi connectivity index (χ2v) is 5.27. The van der Waals surface area contributed by atoms with Crippen LogP contribution in [-0.4, -0.2) is 43.1 Å². The van der Waals surface area contributed by atoms with Crippen LogP contribution >= 0.6 is 12.4 Å². The Morgan fingerprint density at radius 1 is 1.33 bits per heavy atom. The van der Waals surface area contributed by atoms with Crippen LogP contribution in [0.1, 0.15) is 57.3 Å². The van der Waals surface area contributed by atoms with Crippen LogP contribution in [0, 0.1) is 0 Å². The summed E-state index contributed by atoms with van der Waals surface area (Å²) >= 11 is 0. The molecule has 21 heavy (non-hydrogen) atoms. The summed E-state index contributed by atoms with van der Waals surface area (Å²) in [5.74, 6) is -1.37. The van der Waals surface area contributed by atoms with Crippen LogP contribution < -0.4 is 4.74 Å². The number of ether oxygens (including phenoxy) is 1. The zero-order valence-corrected chi connectivity index (χ0v) is 12.5. The fourth-order valence-electron chi connectivity index (χ4n) is 2.83. The summed E-state index contributed by atoms with van der Waals surface area (Å²) in [6, 6.07) is 5.40. The molecule has 1 aromatic carbocycles. The van der Waals surface area contributed by atoms with E-state index in [0.29, 0.717) is 12.8 Å². The molecule has 0 aliphatic heterocycles. The molecule has 1 atom stereocenters. The third kappa shape index (κ3) is 4.60. The highest BCUT2D eigenvalue weighted by Gasteiger charge is 2.38. The zero-order valence-electron chi connectivity index (χ0n) is 21.7. The Morgan fingerprint density at radius 2 is 2.05 bits per heavy atom. The standard InChI is InChI=1S/C17H27NO2.ClH/c1-18(2)13-16(17(19)11-5-4-6-12-17)14-7-9-15(20-3)10-8-14;/h7-10,16,19H,4-6,11-13H2,1-3H3;1H/i1D2,2D3,3D3,13D2;. The van der Waals surface area contributed by atoms with Crippen LogP contribution in [0.3, 0.4) is 0 Å². The summed E-state index contributed by atoms with van der Waals surface area (Å²) in [6.07, 6.45) is 2.58. The van der Waals surface area contributed by atoms with Crippen molar-refractivity contribution < 1.29 is 23.6 Å². The molecule has 1 aliphatic rings. The van der Waals surface area contributed by atoms with Crippen molar-refractivity contribution in [1.29, 1.82) is 0 Å². The van der Waals surface area contributed by atoms with Crippen molar-refractivity contribution in [3.05, 3.63) is 29.8 Å². The van der Waals surface area contributed by atoms with Crippen LogP contribution in [0.2, 0.25) is 0 Å². The second-order valence-electron chi connectivity index (χ2n) is 5.27. The van der Waals surface area contributed by atoms with Crippen LogP contribution in [0.4, 0.5) is 0 Å². The van der Waals surface area contributed by atoms with Crippen molar-refractivity contribution in [2.24, 2.45) is 0 Å². The molecule has 1 fully saturated rings. The van der Waals surface area contributed by atoms with Gasteiger partial charge in [-0.25, -0.2) is 0 Å². The number of hydrogen-bond donors (Lipinski definition) is 1. The first kappa shape index (κ1) is 8.19. The molecule has 1 N–H and O–H groups in total. The van der Waals surface area contributed by atoms with E-state index >= 15 is 0 Å². The monoisotopic (exact) mass is 323 g/mol. The summed E-state index contributed by atoms with van der Waals surface area (Å²) < 4.78 is 81.8. The summed E-state index contributed by atoms with van der Waals surface area (Å²) in [4.78, 5) is 0.171. The highest BCUT2D eigenvalue weighted by atomic mass is 35.5. The fourth-order valence-corrected chi connectivity index (χ4v) is 2.83. The number of nitrogens with zero attached hydrogens (tertiary/aromatic N) is 1. The molecule has 3 nitrogen and oxygen atoms in total. The first-order valence-corrected chi connectivity index (χ1v) is 6.73. The third-order valence-electron chi connectivity index (χ3n) is 3.86. The van der Waals surface area contributed by atoms with Crippen LogP contribution in [-0.2, 0) is 0 Å². The molecule has 1 saturated carbocycles. The number of methoxy groups -OCH3 is 1. The lowest BCUT2D eigenvalue weighted by molar-refractivity contribution is -0.0277. The van der Waals surface area contributed by atoms with E-state index < -0.39 is 39.0 Å². The van der Waals surface area contributed by atoms with E-state index in [9.17, 15) is 5.11 Å². The summed E-state index contributed by atoms with van der Waals surface area (Å²) in [5.41, 5.74) is -1.36. The van der Waals surface area contributed by atoms with Gasteiger partial charge in [0.2, 0.25) is 0 Å². The normalized spacial score (nSPS) is 28.0. The Hall–Kier alpha value is -0.770. The van der Waals surface area contributed by atoms with Crippen molar-refractivity contribution in [2.45, 2.75) is 43.6 Å². The van der Waals surface area contributed by atoms with Crippen LogP contribution in [0.5, 0.6) is 5.75 Å². The number of likely N-dealkylation sites (N-methyl/N-ethyl adjacent to an activating group) is 1. The molecule has 1 unspecified atom stereocenters. The Morgan fingerprint density at radius 3 is 2.62 bits per heavy atom. The third-order valence-corrected chi connectivity index (χ3v) is 3.86.